The summed E-state index contributed by atoms with van der Waals surface area (Å²) in [5, 5.41) is 6.85. The Bertz CT molecular complexity index is 1370. The summed E-state index contributed by atoms with van der Waals surface area (Å²) in [6.45, 7) is 0. The SMILES string of the molecule is COC(=O)c1ccc(CSc2ccccc2NC(=O)c2cc(-c3ccc(OC)c(OC)c3)on2)cc1. The highest BCUT2D eigenvalue weighted by atomic mass is 32.2. The van der Waals surface area contributed by atoms with Crippen molar-refractivity contribution in [3.63, 3.8) is 0 Å². The van der Waals surface area contributed by atoms with Crippen molar-refractivity contribution in [1.29, 1.82) is 0 Å². The molecule has 1 amide bonds. The topological polar surface area (TPSA) is 99.9 Å². The number of hydrogen-bond acceptors (Lipinski definition) is 8. The van der Waals surface area contributed by atoms with Crippen LogP contribution in [-0.4, -0.2) is 38.4 Å². The number of ether oxygens (including phenoxy) is 3. The highest BCUT2D eigenvalue weighted by Crippen LogP contribution is 2.33. The second kappa shape index (κ2) is 11.5. The summed E-state index contributed by atoms with van der Waals surface area (Å²) in [6, 6.07) is 21.6. The Hall–Kier alpha value is -4.24. The number of carbonyl (C=O) groups is 2. The van der Waals surface area contributed by atoms with E-state index >= 15 is 0 Å². The molecular weight excluding hydrogens is 480 g/mol. The van der Waals surface area contributed by atoms with Crippen LogP contribution in [0.3, 0.4) is 0 Å². The second-order valence-electron chi connectivity index (χ2n) is 7.57. The van der Waals surface area contributed by atoms with Gasteiger partial charge in [-0.25, -0.2) is 4.79 Å². The van der Waals surface area contributed by atoms with Gasteiger partial charge < -0.3 is 24.1 Å². The summed E-state index contributed by atoms with van der Waals surface area (Å²) >= 11 is 1.57. The van der Waals surface area contributed by atoms with E-state index in [9.17, 15) is 9.59 Å². The molecule has 0 radical (unpaired) electrons. The smallest absolute Gasteiger partial charge is 0.337 e. The zero-order valence-corrected chi connectivity index (χ0v) is 20.8. The van der Waals surface area contributed by atoms with Crippen LogP contribution in [0.15, 0.2) is 82.2 Å². The molecule has 0 atom stereocenters. The molecule has 0 aliphatic carbocycles. The molecule has 0 aliphatic heterocycles. The number of thioether (sulfide) groups is 1. The van der Waals surface area contributed by atoms with E-state index < -0.39 is 0 Å². The van der Waals surface area contributed by atoms with Crippen molar-refractivity contribution in [3.05, 3.63) is 89.6 Å². The van der Waals surface area contributed by atoms with Crippen molar-refractivity contribution in [2.75, 3.05) is 26.6 Å². The largest absolute Gasteiger partial charge is 0.493 e. The first-order valence-electron chi connectivity index (χ1n) is 10.9. The first-order chi connectivity index (χ1) is 17.5. The average molecular weight is 505 g/mol. The van der Waals surface area contributed by atoms with Crippen LogP contribution in [0.1, 0.15) is 26.4 Å². The van der Waals surface area contributed by atoms with Crippen molar-refractivity contribution >= 4 is 29.3 Å². The van der Waals surface area contributed by atoms with E-state index in [0.717, 1.165) is 10.5 Å². The molecule has 1 N–H and O–H groups in total. The summed E-state index contributed by atoms with van der Waals surface area (Å²) < 4.78 is 20.7. The third-order valence-corrected chi connectivity index (χ3v) is 6.46. The van der Waals surface area contributed by atoms with E-state index in [1.807, 2.05) is 36.4 Å². The Morgan fingerprint density at radius 1 is 0.917 bits per heavy atom. The summed E-state index contributed by atoms with van der Waals surface area (Å²) in [4.78, 5) is 25.4. The Morgan fingerprint density at radius 2 is 1.67 bits per heavy atom. The Labute approximate surface area is 212 Å². The van der Waals surface area contributed by atoms with Gasteiger partial charge in [0.05, 0.1) is 32.6 Å². The van der Waals surface area contributed by atoms with Gasteiger partial charge >= 0.3 is 5.97 Å². The predicted octanol–water partition coefficient (Wildman–Crippen LogP) is 5.69. The van der Waals surface area contributed by atoms with Gasteiger partial charge in [-0.1, -0.05) is 29.4 Å². The Morgan fingerprint density at radius 3 is 2.39 bits per heavy atom. The maximum Gasteiger partial charge on any atom is 0.337 e. The lowest BCUT2D eigenvalue weighted by Gasteiger charge is -2.10. The van der Waals surface area contributed by atoms with Crippen LogP contribution in [-0.2, 0) is 10.5 Å². The molecule has 0 spiro atoms. The van der Waals surface area contributed by atoms with Crippen LogP contribution >= 0.6 is 11.8 Å². The molecule has 9 heteroatoms. The highest BCUT2D eigenvalue weighted by molar-refractivity contribution is 7.98. The molecule has 36 heavy (non-hydrogen) atoms. The van der Waals surface area contributed by atoms with E-state index in [0.29, 0.717) is 39.8 Å². The van der Waals surface area contributed by atoms with Crippen molar-refractivity contribution in [2.45, 2.75) is 10.6 Å². The molecule has 1 heterocycles. The van der Waals surface area contributed by atoms with Gasteiger partial charge in [-0.05, 0) is 48.0 Å². The van der Waals surface area contributed by atoms with Crippen LogP contribution < -0.4 is 14.8 Å². The van der Waals surface area contributed by atoms with E-state index in [1.165, 1.54) is 7.11 Å². The number of hydrogen-bond donors (Lipinski definition) is 1. The second-order valence-corrected chi connectivity index (χ2v) is 8.59. The summed E-state index contributed by atoms with van der Waals surface area (Å²) in [7, 11) is 4.46. The molecule has 0 aliphatic rings. The number of nitrogens with zero attached hydrogens (tertiary/aromatic N) is 1. The van der Waals surface area contributed by atoms with E-state index in [2.05, 4.69) is 10.5 Å². The maximum atomic E-state index is 12.9. The van der Waals surface area contributed by atoms with Crippen LogP contribution in [0.2, 0.25) is 0 Å². The van der Waals surface area contributed by atoms with E-state index in [4.69, 9.17) is 18.7 Å². The zero-order chi connectivity index (χ0) is 25.5. The number of methoxy groups -OCH3 is 3. The van der Waals surface area contributed by atoms with Gasteiger partial charge in [0, 0.05) is 22.3 Å². The van der Waals surface area contributed by atoms with Gasteiger partial charge in [0.15, 0.2) is 23.0 Å². The number of rotatable bonds is 9. The average Bonchev–Trinajstić information content (AvgIpc) is 3.42. The number of benzene rings is 3. The number of anilines is 1. The molecule has 0 unspecified atom stereocenters. The molecule has 3 aromatic carbocycles. The fraction of sp³-hybridized carbons (Fsp3) is 0.148. The first kappa shape index (κ1) is 24.9. The predicted molar refractivity (Wildman–Crippen MR) is 137 cm³/mol. The van der Waals surface area contributed by atoms with Crippen LogP contribution in [0.25, 0.3) is 11.3 Å². The number of esters is 1. The van der Waals surface area contributed by atoms with Crippen LogP contribution in [0, 0.1) is 0 Å². The first-order valence-corrected chi connectivity index (χ1v) is 11.9. The summed E-state index contributed by atoms with van der Waals surface area (Å²) in [5.74, 6) is 1.46. The Kier molecular flexibility index (Phi) is 7.92. The number of amides is 1. The van der Waals surface area contributed by atoms with Gasteiger partial charge in [-0.3, -0.25) is 4.79 Å². The number of aromatic nitrogens is 1. The molecule has 184 valence electrons. The minimum Gasteiger partial charge on any atom is -0.493 e. The van der Waals surface area contributed by atoms with Crippen LogP contribution in [0.5, 0.6) is 11.5 Å². The van der Waals surface area contributed by atoms with Gasteiger partial charge in [0.1, 0.15) is 0 Å². The molecule has 4 rings (SSSR count). The third kappa shape index (κ3) is 5.69. The maximum absolute atomic E-state index is 12.9. The highest BCUT2D eigenvalue weighted by Gasteiger charge is 2.17. The van der Waals surface area contributed by atoms with E-state index in [1.54, 1.807) is 62.4 Å². The molecule has 0 fully saturated rings. The molecule has 4 aromatic rings. The quantitative estimate of drug-likeness (QED) is 0.229. The van der Waals surface area contributed by atoms with Crippen molar-refractivity contribution in [3.8, 4) is 22.8 Å². The van der Waals surface area contributed by atoms with Gasteiger partial charge in [0.25, 0.3) is 5.91 Å². The normalized spacial score (nSPS) is 10.5. The van der Waals surface area contributed by atoms with Gasteiger partial charge in [-0.2, -0.15) is 0 Å². The van der Waals surface area contributed by atoms with Crippen molar-refractivity contribution in [2.24, 2.45) is 0 Å². The number of para-hydroxylation sites is 1. The summed E-state index contributed by atoms with van der Waals surface area (Å²) in [5.41, 5.74) is 3.05. The fourth-order valence-electron chi connectivity index (χ4n) is 3.41. The van der Waals surface area contributed by atoms with E-state index in [-0.39, 0.29) is 17.6 Å². The molecular formula is C27H24N2O6S. The fourth-order valence-corrected chi connectivity index (χ4v) is 4.37. The molecule has 0 saturated carbocycles. The molecule has 0 saturated heterocycles. The molecule has 8 nitrogen and oxygen atoms in total. The van der Waals surface area contributed by atoms with Crippen molar-refractivity contribution < 1.29 is 28.3 Å². The minimum absolute atomic E-state index is 0.151. The van der Waals surface area contributed by atoms with Crippen LogP contribution in [0.4, 0.5) is 5.69 Å². The monoisotopic (exact) mass is 504 g/mol. The summed E-state index contributed by atoms with van der Waals surface area (Å²) in [6.07, 6.45) is 0. The standard InChI is InChI=1S/C27H24N2O6S/c1-32-22-13-12-19(14-24(22)33-2)23-15-21(29-35-23)26(30)28-20-6-4-5-7-25(20)36-16-17-8-10-18(11-9-17)27(31)34-3/h4-15H,16H2,1-3H3,(H,28,30). The van der Waals surface area contributed by atoms with Gasteiger partial charge in [-0.15, -0.1) is 11.8 Å². The third-order valence-electron chi connectivity index (χ3n) is 5.32. The lowest BCUT2D eigenvalue weighted by Crippen LogP contribution is -2.12. The molecule has 1 aromatic heterocycles. The Balaban J connectivity index is 1.44. The van der Waals surface area contributed by atoms with Gasteiger partial charge in [0.2, 0.25) is 0 Å². The lowest BCUT2D eigenvalue weighted by atomic mass is 10.1. The van der Waals surface area contributed by atoms with Crippen molar-refractivity contribution in [1.82, 2.24) is 5.16 Å². The minimum atomic E-state index is -0.388. The lowest BCUT2D eigenvalue weighted by molar-refractivity contribution is 0.0600. The number of carbonyl (C=O) groups excluding carboxylic acids is 2. The molecule has 0 bridgehead atoms. The zero-order valence-electron chi connectivity index (χ0n) is 19.9. The number of nitrogens with one attached hydrogen (secondary N) is 1.